The molecule has 0 spiro atoms. The smallest absolute Gasteiger partial charge is 0.379 e. The maximum Gasteiger partial charge on any atom is 0.379 e. The van der Waals surface area contributed by atoms with Gasteiger partial charge in [0.15, 0.2) is 0 Å². The van der Waals surface area contributed by atoms with Crippen LogP contribution in [0, 0.1) is 11.6 Å². The number of alkyl halides is 4. The van der Waals surface area contributed by atoms with Crippen LogP contribution in [-0.4, -0.2) is 132 Å². The number of amides is 1. The molecule has 0 radical (unpaired) electrons. The lowest BCUT2D eigenvalue weighted by atomic mass is 9.99. The topological polar surface area (TPSA) is 208 Å². The minimum atomic E-state index is -3.92. The van der Waals surface area contributed by atoms with Crippen LogP contribution in [0.25, 0.3) is 22.3 Å². The number of carboxylic acid groups (broad SMARTS) is 1. The van der Waals surface area contributed by atoms with Gasteiger partial charge in [0, 0.05) is 55.9 Å². The van der Waals surface area contributed by atoms with E-state index in [4.69, 9.17) is 53.0 Å². The summed E-state index contributed by atoms with van der Waals surface area (Å²) in [6, 6.07) is 30.3. The first-order valence-corrected chi connectivity index (χ1v) is 29.2. The Balaban J connectivity index is 0.000000203. The zero-order valence-electron chi connectivity index (χ0n) is 47.2. The van der Waals surface area contributed by atoms with Gasteiger partial charge in [-0.3, -0.25) is 4.79 Å². The van der Waals surface area contributed by atoms with Gasteiger partial charge in [0.1, 0.15) is 41.4 Å². The molecule has 4 atom stereocenters. The highest BCUT2D eigenvalue weighted by Gasteiger charge is 2.43. The van der Waals surface area contributed by atoms with Crippen molar-refractivity contribution in [1.82, 2.24) is 15.1 Å². The molecule has 14 nitrogen and oxygen atoms in total. The van der Waals surface area contributed by atoms with Crippen molar-refractivity contribution >= 4 is 35.1 Å². The largest absolute Gasteiger partial charge is 0.489 e. The van der Waals surface area contributed by atoms with Gasteiger partial charge in [-0.25, -0.2) is 13.6 Å². The molecule has 0 saturated carbocycles. The molecule has 1 amide bonds. The molecule has 0 aliphatic carbocycles. The van der Waals surface area contributed by atoms with E-state index in [9.17, 15) is 37.4 Å². The fourth-order valence-corrected chi connectivity index (χ4v) is 10.9. The highest BCUT2D eigenvalue weighted by molar-refractivity contribution is 6.32. The number of aliphatic hydroxyl groups is 2. The summed E-state index contributed by atoms with van der Waals surface area (Å²) in [5.74, 6) is -11.1. The second-order valence-corrected chi connectivity index (χ2v) is 22.3. The number of aliphatic hydroxyl groups excluding tert-OH is 2. The van der Waals surface area contributed by atoms with E-state index in [-0.39, 0.29) is 35.3 Å². The first kappa shape index (κ1) is 67.2. The van der Waals surface area contributed by atoms with Gasteiger partial charge in [0.25, 0.3) is 5.91 Å². The van der Waals surface area contributed by atoms with Crippen molar-refractivity contribution in [2.75, 3.05) is 65.7 Å². The Hall–Kier alpha value is -6.30. The number of hydrogen-bond donors (Lipinski definition) is 5. The summed E-state index contributed by atoms with van der Waals surface area (Å²) in [6.07, 6.45) is 5.69. The van der Waals surface area contributed by atoms with E-state index in [0.29, 0.717) is 64.1 Å². The van der Waals surface area contributed by atoms with Crippen LogP contribution in [0.2, 0.25) is 10.0 Å². The predicted octanol–water partition coefficient (Wildman–Crippen LogP) is 11.3. The number of hydrogen-bond acceptors (Lipinski definition) is 11. The number of aliphatic carboxylic acids is 1. The van der Waals surface area contributed by atoms with Gasteiger partial charge in [-0.2, -0.15) is 17.6 Å². The van der Waals surface area contributed by atoms with Crippen molar-refractivity contribution < 1.29 is 75.7 Å². The number of nitrogens with zero attached hydrogens (tertiary/aromatic N) is 2. The van der Waals surface area contributed by atoms with Gasteiger partial charge in [0.05, 0.1) is 48.6 Å². The molecule has 1 unspecified atom stereocenters. The molecule has 22 heteroatoms. The molecule has 4 saturated heterocycles. The molecule has 4 aliphatic heterocycles. The van der Waals surface area contributed by atoms with Crippen molar-refractivity contribution in [2.45, 2.75) is 99.7 Å². The van der Waals surface area contributed by atoms with Crippen molar-refractivity contribution in [2.24, 2.45) is 5.73 Å². The lowest BCUT2D eigenvalue weighted by Gasteiger charge is -2.30. The van der Waals surface area contributed by atoms with E-state index in [1.807, 2.05) is 17.0 Å². The van der Waals surface area contributed by atoms with Crippen molar-refractivity contribution in [3.8, 4) is 33.8 Å². The number of nitrogens with two attached hydrogens (primary N) is 1. The van der Waals surface area contributed by atoms with Gasteiger partial charge in [-0.05, 0) is 134 Å². The third-order valence-electron chi connectivity index (χ3n) is 15.3. The maximum atomic E-state index is 15.4. The van der Waals surface area contributed by atoms with Gasteiger partial charge >= 0.3 is 17.8 Å². The summed E-state index contributed by atoms with van der Waals surface area (Å²) in [5, 5.41) is 33.5. The monoisotopic (exact) mass is 1240 g/mol. The van der Waals surface area contributed by atoms with E-state index in [2.05, 4.69) is 10.2 Å². The Bertz CT molecular complexity index is 3090. The van der Waals surface area contributed by atoms with E-state index < -0.39 is 64.7 Å². The summed E-state index contributed by atoms with van der Waals surface area (Å²) < 4.78 is 106. The van der Waals surface area contributed by atoms with Gasteiger partial charge < -0.3 is 60.6 Å². The van der Waals surface area contributed by atoms with Gasteiger partial charge in [-0.15, -0.1) is 0 Å². The first-order valence-electron chi connectivity index (χ1n) is 28.4. The number of carbonyl (C=O) groups excluding carboxylic acids is 1. The number of halogens is 8. The Morgan fingerprint density at radius 2 is 0.930 bits per heavy atom. The second-order valence-electron chi connectivity index (χ2n) is 21.5. The van der Waals surface area contributed by atoms with Crippen LogP contribution in [-0.2, 0) is 30.9 Å². The van der Waals surface area contributed by atoms with Crippen LogP contribution >= 0.6 is 23.2 Å². The molecule has 10 rings (SSSR count). The second kappa shape index (κ2) is 31.6. The Kier molecular flexibility index (Phi) is 24.7. The number of rotatable bonds is 19. The zero-order valence-corrected chi connectivity index (χ0v) is 48.7. The van der Waals surface area contributed by atoms with E-state index >= 15 is 8.78 Å². The minimum absolute atomic E-state index is 0. The molecule has 464 valence electrons. The van der Waals surface area contributed by atoms with Crippen molar-refractivity contribution in [1.29, 1.82) is 0 Å². The van der Waals surface area contributed by atoms with E-state index in [1.54, 1.807) is 36.4 Å². The fraction of sp³-hybridized carbons (Fsp3) is 0.406. The van der Waals surface area contributed by atoms with Gasteiger partial charge in [0.2, 0.25) is 0 Å². The SMILES string of the molecule is N[C@H](CN1CCCC1)C(O)c1ccc(OC2CCOCC2)c(Cl)c1.O.O=C(N[C@H](CN1CCCC1)[C@H](O)c1ccc(OC2CCOCC2)c(Cl)c1)C(F)(F)c1ccc(-c2ccc(F)cc2)cc1.O=C(O)C(F)(F)c1ccc(-c2ccc(F)cc2)cc1. The Labute approximate surface area is 506 Å². The number of benzene rings is 6. The quantitative estimate of drug-likeness (QED) is 0.0480. The number of carbonyl (C=O) groups is 2. The van der Waals surface area contributed by atoms with Crippen LogP contribution < -0.4 is 20.5 Å². The summed E-state index contributed by atoms with van der Waals surface area (Å²) >= 11 is 12.8. The van der Waals surface area contributed by atoms with Crippen molar-refractivity contribution in [3.05, 3.63) is 177 Å². The van der Waals surface area contributed by atoms with E-state index in [0.717, 1.165) is 95.6 Å². The fourth-order valence-electron chi connectivity index (χ4n) is 10.4. The standard InChI is InChI=1S/C32H34ClF3N2O4.C18H27ClN2O3.C14H9F3O2.H2O/c33-27-19-23(7-12-29(27)42-26-13-17-41-18-14-26)30(39)28(20-38-15-1-2-16-38)37-31(40)32(35,36)24-8-3-21(4-9-24)22-5-10-25(34)11-6-22;19-15-11-13(18(22)16(20)12-21-7-1-2-8-21)3-4-17(15)24-14-5-9-23-10-6-14;15-12-7-3-10(4-8-12)9-1-5-11(6-2-9)14(16,17)13(18)19;/h3-12,19,26,28,30,39H,1-2,13-18,20H2,(H,37,40);3-4,11,14,16,18,22H,1-2,5-10,12,20H2;1-8H,(H,18,19);1H2/t28-,30-;16-,18?;;/m11../s1. The predicted molar refractivity (Wildman–Crippen MR) is 316 cm³/mol. The molecule has 0 aromatic heterocycles. The molecule has 8 N–H and O–H groups in total. The molecular formula is C64H72Cl2F6N4O10. The molecule has 6 aromatic carbocycles. The van der Waals surface area contributed by atoms with Gasteiger partial charge in [-0.1, -0.05) is 108 Å². The summed E-state index contributed by atoms with van der Waals surface area (Å²) in [7, 11) is 0. The zero-order chi connectivity index (χ0) is 60.7. The lowest BCUT2D eigenvalue weighted by Crippen LogP contribution is -2.50. The number of nitrogens with one attached hydrogen (secondary N) is 1. The van der Waals surface area contributed by atoms with Crippen LogP contribution in [0.5, 0.6) is 11.5 Å². The highest BCUT2D eigenvalue weighted by Crippen LogP contribution is 2.36. The summed E-state index contributed by atoms with van der Waals surface area (Å²) in [6.45, 7) is 7.22. The normalized spacial score (nSPS) is 17.6. The van der Waals surface area contributed by atoms with E-state index in [1.165, 1.54) is 85.6 Å². The first-order chi connectivity index (χ1) is 40.7. The highest BCUT2D eigenvalue weighted by atomic mass is 35.5. The average molecular weight is 1240 g/mol. The molecule has 4 fully saturated rings. The summed E-state index contributed by atoms with van der Waals surface area (Å²) in [5.41, 5.74) is 8.76. The minimum Gasteiger partial charge on any atom is -0.489 e. The van der Waals surface area contributed by atoms with Crippen LogP contribution in [0.4, 0.5) is 26.3 Å². The third kappa shape index (κ3) is 18.4. The molecule has 4 aliphatic rings. The Morgan fingerprint density at radius 1 is 0.570 bits per heavy atom. The van der Waals surface area contributed by atoms with Crippen LogP contribution in [0.15, 0.2) is 133 Å². The Morgan fingerprint density at radius 3 is 1.31 bits per heavy atom. The number of carboxylic acids is 1. The number of ether oxygens (including phenoxy) is 4. The van der Waals surface area contributed by atoms with Crippen molar-refractivity contribution in [3.63, 3.8) is 0 Å². The average Bonchev–Trinajstić information content (AvgIpc) is 4.06. The maximum absolute atomic E-state index is 15.4. The third-order valence-corrected chi connectivity index (χ3v) is 15.9. The van der Waals surface area contributed by atoms with Crippen LogP contribution in [0.3, 0.4) is 0 Å². The molecule has 6 aromatic rings. The molecule has 0 bridgehead atoms. The summed E-state index contributed by atoms with van der Waals surface area (Å²) in [4.78, 5) is 27.8. The molecular weight excluding hydrogens is 1170 g/mol. The molecule has 86 heavy (non-hydrogen) atoms. The molecule has 4 heterocycles. The van der Waals surface area contributed by atoms with Crippen LogP contribution in [0.1, 0.15) is 85.8 Å². The lowest BCUT2D eigenvalue weighted by molar-refractivity contribution is -0.166. The number of likely N-dealkylation sites (tertiary alicyclic amines) is 2.